The minimum Gasteiger partial charge on any atom is -0.380 e. The SMILES string of the molecule is CC(C)CCCCCCNC(=O)C1CC2COCC(C1)C2=O. The zero-order chi connectivity index (χ0) is 15.9. The summed E-state index contributed by atoms with van der Waals surface area (Å²) in [5, 5.41) is 3.07. The molecule has 0 aromatic rings. The van der Waals surface area contributed by atoms with Gasteiger partial charge in [0.1, 0.15) is 5.78 Å². The summed E-state index contributed by atoms with van der Waals surface area (Å²) < 4.78 is 5.44. The minimum absolute atomic E-state index is 0.0116. The fourth-order valence-electron chi connectivity index (χ4n) is 3.60. The Bertz CT molecular complexity index is 365. The maximum atomic E-state index is 12.3. The standard InChI is InChI=1S/C18H31NO3/c1-13(2)7-5-3-4-6-8-19-18(21)14-9-15-11-22-12-16(10-14)17(15)20/h13-16H,3-12H2,1-2H3,(H,19,21). The summed E-state index contributed by atoms with van der Waals surface area (Å²) in [5.74, 6) is 1.18. The number of carbonyl (C=O) groups is 2. The van der Waals surface area contributed by atoms with E-state index in [1.807, 2.05) is 0 Å². The predicted molar refractivity (Wildman–Crippen MR) is 86.5 cm³/mol. The lowest BCUT2D eigenvalue weighted by Crippen LogP contribution is -2.46. The van der Waals surface area contributed by atoms with Gasteiger partial charge in [-0.05, 0) is 25.2 Å². The van der Waals surface area contributed by atoms with Crippen LogP contribution in [-0.2, 0) is 14.3 Å². The number of amides is 1. The average Bonchev–Trinajstić information content (AvgIpc) is 2.45. The highest BCUT2D eigenvalue weighted by molar-refractivity contribution is 5.88. The lowest BCUT2D eigenvalue weighted by atomic mass is 9.73. The van der Waals surface area contributed by atoms with Crippen molar-refractivity contribution in [2.24, 2.45) is 23.7 Å². The lowest BCUT2D eigenvalue weighted by molar-refractivity contribution is -0.146. The molecule has 2 fully saturated rings. The Morgan fingerprint density at radius 3 is 2.41 bits per heavy atom. The van der Waals surface area contributed by atoms with Crippen LogP contribution in [0.15, 0.2) is 0 Å². The van der Waals surface area contributed by atoms with Gasteiger partial charge in [0, 0.05) is 24.3 Å². The van der Waals surface area contributed by atoms with E-state index in [0.29, 0.717) is 31.8 Å². The molecular formula is C18H31NO3. The van der Waals surface area contributed by atoms with Gasteiger partial charge in [0.05, 0.1) is 13.2 Å². The zero-order valence-corrected chi connectivity index (χ0v) is 14.1. The van der Waals surface area contributed by atoms with E-state index < -0.39 is 0 Å². The van der Waals surface area contributed by atoms with Crippen molar-refractivity contribution in [1.29, 1.82) is 0 Å². The van der Waals surface area contributed by atoms with Gasteiger partial charge < -0.3 is 10.1 Å². The van der Waals surface area contributed by atoms with Gasteiger partial charge in [-0.3, -0.25) is 9.59 Å². The lowest BCUT2D eigenvalue weighted by Gasteiger charge is -2.36. The van der Waals surface area contributed by atoms with Gasteiger partial charge in [-0.15, -0.1) is 0 Å². The van der Waals surface area contributed by atoms with Crippen LogP contribution in [0.25, 0.3) is 0 Å². The second kappa shape index (κ2) is 8.66. The van der Waals surface area contributed by atoms with Crippen LogP contribution in [0.5, 0.6) is 0 Å². The van der Waals surface area contributed by atoms with Crippen molar-refractivity contribution in [1.82, 2.24) is 5.32 Å². The van der Waals surface area contributed by atoms with Crippen LogP contribution in [0.4, 0.5) is 0 Å². The molecule has 0 spiro atoms. The summed E-state index contributed by atoms with van der Waals surface area (Å²) >= 11 is 0. The van der Waals surface area contributed by atoms with E-state index in [2.05, 4.69) is 19.2 Å². The molecule has 2 aliphatic rings. The number of hydrogen-bond acceptors (Lipinski definition) is 3. The molecule has 2 atom stereocenters. The van der Waals surface area contributed by atoms with Gasteiger partial charge in [0.15, 0.2) is 0 Å². The molecule has 22 heavy (non-hydrogen) atoms. The number of Topliss-reactive ketones (excluding diaryl/α,β-unsaturated/α-hetero) is 1. The number of hydrogen-bond donors (Lipinski definition) is 1. The highest BCUT2D eigenvalue weighted by Gasteiger charge is 2.41. The van der Waals surface area contributed by atoms with Crippen LogP contribution in [0.1, 0.15) is 58.8 Å². The first-order chi connectivity index (χ1) is 10.6. The van der Waals surface area contributed by atoms with Crippen molar-refractivity contribution >= 4 is 11.7 Å². The second-order valence-corrected chi connectivity index (χ2v) is 7.39. The quantitative estimate of drug-likeness (QED) is 0.701. The minimum atomic E-state index is -0.0423. The molecule has 1 amide bonds. The normalized spacial score (nSPS) is 28.0. The highest BCUT2D eigenvalue weighted by atomic mass is 16.5. The Kier molecular flexibility index (Phi) is 6.87. The molecule has 2 unspecified atom stereocenters. The average molecular weight is 309 g/mol. The summed E-state index contributed by atoms with van der Waals surface area (Å²) in [7, 11) is 0. The second-order valence-electron chi connectivity index (χ2n) is 7.39. The number of rotatable bonds is 8. The number of carbonyl (C=O) groups excluding carboxylic acids is 2. The number of nitrogens with one attached hydrogen (secondary N) is 1. The van der Waals surface area contributed by atoms with Crippen molar-refractivity contribution in [2.45, 2.75) is 58.8 Å². The highest BCUT2D eigenvalue weighted by Crippen LogP contribution is 2.34. The third kappa shape index (κ3) is 5.08. The molecule has 1 saturated heterocycles. The number of ketones is 1. The van der Waals surface area contributed by atoms with Crippen molar-refractivity contribution in [3.05, 3.63) is 0 Å². The molecule has 2 rings (SSSR count). The molecule has 0 radical (unpaired) electrons. The molecule has 1 aliphatic heterocycles. The summed E-state index contributed by atoms with van der Waals surface area (Å²) in [5.41, 5.74) is 0. The Hall–Kier alpha value is -0.900. The third-order valence-electron chi connectivity index (χ3n) is 4.96. The maximum absolute atomic E-state index is 12.3. The summed E-state index contributed by atoms with van der Waals surface area (Å²) in [6.07, 6.45) is 7.45. The van der Waals surface area contributed by atoms with Crippen LogP contribution in [0.2, 0.25) is 0 Å². The zero-order valence-electron chi connectivity index (χ0n) is 14.1. The van der Waals surface area contributed by atoms with Gasteiger partial charge in [-0.2, -0.15) is 0 Å². The van der Waals surface area contributed by atoms with Crippen molar-refractivity contribution < 1.29 is 14.3 Å². The number of unbranched alkanes of at least 4 members (excludes halogenated alkanes) is 3. The topological polar surface area (TPSA) is 55.4 Å². The van der Waals surface area contributed by atoms with Crippen LogP contribution < -0.4 is 5.32 Å². The van der Waals surface area contributed by atoms with E-state index >= 15 is 0 Å². The van der Waals surface area contributed by atoms with Gasteiger partial charge in [-0.1, -0.05) is 39.5 Å². The van der Waals surface area contributed by atoms with E-state index in [9.17, 15) is 9.59 Å². The van der Waals surface area contributed by atoms with E-state index in [-0.39, 0.29) is 23.7 Å². The first-order valence-electron chi connectivity index (χ1n) is 8.97. The van der Waals surface area contributed by atoms with Crippen molar-refractivity contribution in [3.63, 3.8) is 0 Å². The molecule has 1 N–H and O–H groups in total. The van der Waals surface area contributed by atoms with E-state index in [1.54, 1.807) is 0 Å². The van der Waals surface area contributed by atoms with Gasteiger partial charge in [0.25, 0.3) is 0 Å². The summed E-state index contributed by atoms with van der Waals surface area (Å²) in [4.78, 5) is 24.2. The monoisotopic (exact) mass is 309 g/mol. The Balaban J connectivity index is 1.59. The molecule has 1 heterocycles. The molecule has 4 heteroatoms. The smallest absolute Gasteiger partial charge is 0.223 e. The fraction of sp³-hybridized carbons (Fsp3) is 0.889. The van der Waals surface area contributed by atoms with E-state index in [4.69, 9.17) is 4.74 Å². The molecule has 4 nitrogen and oxygen atoms in total. The Labute approximate surface area is 134 Å². The number of ether oxygens (including phenoxy) is 1. The van der Waals surface area contributed by atoms with Crippen molar-refractivity contribution in [2.75, 3.05) is 19.8 Å². The summed E-state index contributed by atoms with van der Waals surface area (Å²) in [6.45, 7) is 6.31. The molecule has 126 valence electrons. The van der Waals surface area contributed by atoms with Gasteiger partial charge >= 0.3 is 0 Å². The van der Waals surface area contributed by atoms with Crippen LogP contribution >= 0.6 is 0 Å². The van der Waals surface area contributed by atoms with Gasteiger partial charge in [0.2, 0.25) is 5.91 Å². The van der Waals surface area contributed by atoms with Crippen LogP contribution in [-0.4, -0.2) is 31.4 Å². The largest absolute Gasteiger partial charge is 0.380 e. The molecule has 0 aromatic carbocycles. The van der Waals surface area contributed by atoms with Crippen molar-refractivity contribution in [3.8, 4) is 0 Å². The number of fused-ring (bicyclic) bond motifs is 2. The third-order valence-corrected chi connectivity index (χ3v) is 4.96. The van der Waals surface area contributed by atoms with E-state index in [0.717, 1.165) is 18.9 Å². The Morgan fingerprint density at radius 2 is 1.77 bits per heavy atom. The molecule has 0 aromatic heterocycles. The Morgan fingerprint density at radius 1 is 1.14 bits per heavy atom. The maximum Gasteiger partial charge on any atom is 0.223 e. The molecular weight excluding hydrogens is 278 g/mol. The van der Waals surface area contributed by atoms with E-state index in [1.165, 1.54) is 25.7 Å². The molecule has 2 bridgehead atoms. The summed E-state index contributed by atoms with van der Waals surface area (Å²) in [6, 6.07) is 0. The predicted octanol–water partition coefficient (Wildman–Crippen LogP) is 2.95. The molecule has 1 aliphatic carbocycles. The van der Waals surface area contributed by atoms with Gasteiger partial charge in [-0.25, -0.2) is 0 Å². The first-order valence-corrected chi connectivity index (χ1v) is 8.97. The fourth-order valence-corrected chi connectivity index (χ4v) is 3.60. The van der Waals surface area contributed by atoms with Crippen LogP contribution in [0.3, 0.4) is 0 Å². The van der Waals surface area contributed by atoms with Crippen LogP contribution in [0, 0.1) is 23.7 Å². The molecule has 1 saturated carbocycles. The first kappa shape index (κ1) is 17.5.